The Hall–Kier alpha value is -2.47. The molecule has 0 saturated carbocycles. The lowest BCUT2D eigenvalue weighted by molar-refractivity contribution is -0.149. The van der Waals surface area contributed by atoms with E-state index in [0.717, 1.165) is 13.0 Å². The first kappa shape index (κ1) is 21.2. The van der Waals surface area contributed by atoms with E-state index in [9.17, 15) is 9.90 Å². The molecule has 3 rings (SSSR count). The topological polar surface area (TPSA) is 52.6 Å². The van der Waals surface area contributed by atoms with Gasteiger partial charge in [0.25, 0.3) is 5.91 Å². The fourth-order valence-electron chi connectivity index (χ4n) is 3.41. The molecular weight excluding hydrogens is 380 g/mol. The van der Waals surface area contributed by atoms with Gasteiger partial charge < -0.3 is 10.0 Å². The third-order valence-electron chi connectivity index (χ3n) is 5.38. The Morgan fingerprint density at radius 3 is 2.45 bits per heavy atom. The zero-order chi connectivity index (χ0) is 20.9. The van der Waals surface area contributed by atoms with Gasteiger partial charge in [0.05, 0.1) is 11.0 Å². The molecule has 0 spiro atoms. The molecule has 0 aliphatic rings. The van der Waals surface area contributed by atoms with Crippen molar-refractivity contribution in [2.45, 2.75) is 32.0 Å². The van der Waals surface area contributed by atoms with Crippen molar-refractivity contribution in [2.75, 3.05) is 13.6 Å². The zero-order valence-corrected chi connectivity index (χ0v) is 17.9. The predicted molar refractivity (Wildman–Crippen MR) is 119 cm³/mol. The molecule has 0 saturated heterocycles. The van der Waals surface area contributed by atoms with E-state index in [0.29, 0.717) is 10.4 Å². The maximum absolute atomic E-state index is 13.4. The Balaban J connectivity index is 1.73. The number of hydrogen-bond acceptors (Lipinski definition) is 4. The average molecular weight is 409 g/mol. The van der Waals surface area contributed by atoms with Crippen LogP contribution in [0.15, 0.2) is 72.1 Å². The van der Waals surface area contributed by atoms with Crippen molar-refractivity contribution >= 4 is 17.2 Å². The minimum atomic E-state index is -1.70. The van der Waals surface area contributed by atoms with Gasteiger partial charge >= 0.3 is 0 Å². The van der Waals surface area contributed by atoms with Crippen molar-refractivity contribution in [3.8, 4) is 0 Å². The van der Waals surface area contributed by atoms with Crippen LogP contribution in [0.4, 0.5) is 0 Å². The molecule has 1 amide bonds. The third kappa shape index (κ3) is 4.58. The molecule has 0 aliphatic heterocycles. The third-order valence-corrected chi connectivity index (χ3v) is 6.35. The molecule has 2 unspecified atom stereocenters. The lowest BCUT2D eigenvalue weighted by Crippen LogP contribution is -2.53. The first-order chi connectivity index (χ1) is 13.9. The highest BCUT2D eigenvalue weighted by molar-refractivity contribution is 7.10. The largest absolute Gasteiger partial charge is 0.371 e. The first-order valence-electron chi connectivity index (χ1n) is 9.81. The van der Waals surface area contributed by atoms with Gasteiger partial charge in [0.2, 0.25) is 5.60 Å². The Morgan fingerprint density at radius 1 is 1.10 bits per heavy atom. The summed E-state index contributed by atoms with van der Waals surface area (Å²) in [6, 6.07) is 21.1. The number of nitrogens with one attached hydrogen (secondary N) is 1. The molecule has 0 bridgehead atoms. The molecule has 2 atom stereocenters. The Bertz CT molecular complexity index is 927. The predicted octanol–water partition coefficient (Wildman–Crippen LogP) is 3.93. The number of amides is 1. The maximum Gasteiger partial charge on any atom is 0.265 e. The molecule has 152 valence electrons. The second-order valence-electron chi connectivity index (χ2n) is 7.28. The van der Waals surface area contributed by atoms with E-state index in [2.05, 4.69) is 24.4 Å². The van der Waals surface area contributed by atoms with Gasteiger partial charge in [-0.15, -0.1) is 11.3 Å². The van der Waals surface area contributed by atoms with Crippen LogP contribution in [0.3, 0.4) is 0 Å². The summed E-state index contributed by atoms with van der Waals surface area (Å²) in [5.41, 5.74) is 1.44. The monoisotopic (exact) mass is 408 g/mol. The van der Waals surface area contributed by atoms with Crippen molar-refractivity contribution in [3.05, 3.63) is 93.7 Å². The van der Waals surface area contributed by atoms with Gasteiger partial charge in [-0.1, -0.05) is 60.7 Å². The van der Waals surface area contributed by atoms with E-state index >= 15 is 0 Å². The van der Waals surface area contributed by atoms with Crippen LogP contribution in [0.5, 0.6) is 0 Å². The number of carbonyl (C=O) groups is 1. The van der Waals surface area contributed by atoms with Gasteiger partial charge in [0.1, 0.15) is 0 Å². The second kappa shape index (κ2) is 9.35. The van der Waals surface area contributed by atoms with Gasteiger partial charge in [-0.3, -0.25) is 10.1 Å². The molecule has 29 heavy (non-hydrogen) atoms. The van der Waals surface area contributed by atoms with Crippen LogP contribution in [-0.2, 0) is 16.8 Å². The molecule has 3 aromatic rings. The van der Waals surface area contributed by atoms with Crippen LogP contribution >= 0.6 is 11.3 Å². The van der Waals surface area contributed by atoms with Crippen LogP contribution in [0, 0.1) is 6.92 Å². The van der Waals surface area contributed by atoms with Crippen molar-refractivity contribution in [2.24, 2.45) is 0 Å². The lowest BCUT2D eigenvalue weighted by atomic mass is 9.90. The highest BCUT2D eigenvalue weighted by Crippen LogP contribution is 2.34. The van der Waals surface area contributed by atoms with Crippen LogP contribution in [-0.4, -0.2) is 35.7 Å². The Kier molecular flexibility index (Phi) is 6.85. The van der Waals surface area contributed by atoms with Crippen molar-refractivity contribution in [1.82, 2.24) is 10.2 Å². The summed E-state index contributed by atoms with van der Waals surface area (Å²) in [4.78, 5) is 15.6. The molecule has 4 nitrogen and oxygen atoms in total. The zero-order valence-electron chi connectivity index (χ0n) is 17.1. The molecule has 0 aliphatic carbocycles. The molecule has 2 aromatic carbocycles. The van der Waals surface area contributed by atoms with E-state index in [1.165, 1.54) is 22.5 Å². The summed E-state index contributed by atoms with van der Waals surface area (Å²) < 4.78 is 0. The van der Waals surface area contributed by atoms with Gasteiger partial charge in [0.15, 0.2) is 0 Å². The highest BCUT2D eigenvalue weighted by Gasteiger charge is 2.43. The minimum Gasteiger partial charge on any atom is -0.371 e. The van der Waals surface area contributed by atoms with Gasteiger partial charge in [0, 0.05) is 13.6 Å². The van der Waals surface area contributed by atoms with Crippen LogP contribution in [0.25, 0.3) is 0 Å². The number of nitrogens with zero attached hydrogens (tertiary/aromatic N) is 1. The maximum atomic E-state index is 13.4. The lowest BCUT2D eigenvalue weighted by Gasteiger charge is -2.34. The van der Waals surface area contributed by atoms with Crippen LogP contribution < -0.4 is 5.32 Å². The van der Waals surface area contributed by atoms with Gasteiger partial charge in [-0.2, -0.15) is 0 Å². The van der Waals surface area contributed by atoms with Crippen molar-refractivity contribution < 1.29 is 9.90 Å². The molecule has 0 radical (unpaired) electrons. The van der Waals surface area contributed by atoms with E-state index in [1.807, 2.05) is 48.7 Å². The molecular formula is C24H28N2O2S. The molecule has 5 heteroatoms. The number of rotatable bonds is 8. The second-order valence-corrected chi connectivity index (χ2v) is 8.22. The number of aliphatic hydroxyl groups is 1. The summed E-state index contributed by atoms with van der Waals surface area (Å²) in [7, 11) is 1.73. The van der Waals surface area contributed by atoms with Crippen molar-refractivity contribution in [1.29, 1.82) is 0 Å². The summed E-state index contributed by atoms with van der Waals surface area (Å²) in [5.74, 6) is -0.345. The quantitative estimate of drug-likeness (QED) is 0.555. The molecule has 1 aromatic heterocycles. The molecule has 0 fully saturated rings. The van der Waals surface area contributed by atoms with Gasteiger partial charge in [-0.05, 0) is 48.4 Å². The number of likely N-dealkylation sites (N-methyl/N-ethyl adjacent to an activating group) is 1. The SMILES string of the molecule is Cc1ccccc1CCNC(C)N(C)C(=O)C(O)(c1ccccc1)c1cccs1. The summed E-state index contributed by atoms with van der Waals surface area (Å²) in [6.07, 6.45) is 0.661. The van der Waals surface area contributed by atoms with E-state index in [1.54, 1.807) is 30.1 Å². The number of benzene rings is 2. The normalized spacial score (nSPS) is 14.2. The summed E-state index contributed by atoms with van der Waals surface area (Å²) >= 11 is 1.38. The van der Waals surface area contributed by atoms with E-state index < -0.39 is 5.60 Å². The highest BCUT2D eigenvalue weighted by atomic mass is 32.1. The number of thiophene rings is 1. The van der Waals surface area contributed by atoms with Crippen LogP contribution in [0.2, 0.25) is 0 Å². The standard InChI is InChI=1S/C24H28N2O2S/c1-18-10-7-8-11-20(18)15-16-25-19(2)26(3)23(27)24(28,22-14-9-17-29-22)21-12-5-4-6-13-21/h4-14,17,19,25,28H,15-16H2,1-3H3. The van der Waals surface area contributed by atoms with Crippen LogP contribution in [0.1, 0.15) is 28.5 Å². The molecule has 2 N–H and O–H groups in total. The van der Waals surface area contributed by atoms with Gasteiger partial charge in [-0.25, -0.2) is 0 Å². The number of aryl methyl sites for hydroxylation is 1. The minimum absolute atomic E-state index is 0.221. The van der Waals surface area contributed by atoms with Crippen molar-refractivity contribution in [3.63, 3.8) is 0 Å². The average Bonchev–Trinajstić information content (AvgIpc) is 3.29. The Labute approximate surface area is 176 Å². The summed E-state index contributed by atoms with van der Waals surface area (Å²) in [6.45, 7) is 4.79. The summed E-state index contributed by atoms with van der Waals surface area (Å²) in [5, 5.41) is 16.8. The Morgan fingerprint density at radius 2 is 1.79 bits per heavy atom. The fourth-order valence-corrected chi connectivity index (χ4v) is 4.25. The fraction of sp³-hybridized carbons (Fsp3) is 0.292. The first-order valence-corrected chi connectivity index (χ1v) is 10.7. The number of carbonyl (C=O) groups excluding carboxylic acids is 1. The van der Waals surface area contributed by atoms with E-state index in [4.69, 9.17) is 0 Å². The molecule has 1 heterocycles. The smallest absolute Gasteiger partial charge is 0.265 e. The number of hydrogen-bond donors (Lipinski definition) is 2. The van der Waals surface area contributed by atoms with E-state index in [-0.39, 0.29) is 12.1 Å².